The van der Waals surface area contributed by atoms with Crippen molar-refractivity contribution >= 4 is 17.7 Å². The van der Waals surface area contributed by atoms with Gasteiger partial charge in [-0.3, -0.25) is 14.4 Å². The van der Waals surface area contributed by atoms with Gasteiger partial charge in [0.05, 0.1) is 11.2 Å². The highest BCUT2D eigenvalue weighted by atomic mass is 16.6. The first kappa shape index (κ1) is 71.0. The highest BCUT2D eigenvalue weighted by Gasteiger charge is 2.76. The summed E-state index contributed by atoms with van der Waals surface area (Å²) in [7, 11) is 0. The van der Waals surface area contributed by atoms with E-state index < -0.39 is 16.8 Å². The lowest BCUT2D eigenvalue weighted by molar-refractivity contribution is -0.156. The zero-order chi connectivity index (χ0) is 59.6. The van der Waals surface area contributed by atoms with E-state index in [4.69, 9.17) is 14.2 Å². The molecule has 1 saturated heterocycles. The van der Waals surface area contributed by atoms with Crippen LogP contribution in [0.2, 0.25) is 0 Å². The summed E-state index contributed by atoms with van der Waals surface area (Å²) in [5, 5.41) is 11.6. The molecule has 1 aliphatic heterocycles. The Morgan fingerprint density at radius 2 is 0.988 bits per heavy atom. The van der Waals surface area contributed by atoms with E-state index in [-0.39, 0.29) is 40.8 Å². The Morgan fingerprint density at radius 3 is 1.49 bits per heavy atom. The Kier molecular flexibility index (Phi) is 33.1. The van der Waals surface area contributed by atoms with Crippen molar-refractivity contribution in [2.24, 2.45) is 10.8 Å². The third-order valence-corrected chi connectivity index (χ3v) is 17.2. The minimum absolute atomic E-state index is 0.0757. The molecule has 0 bridgehead atoms. The van der Waals surface area contributed by atoms with Gasteiger partial charge in [-0.05, 0) is 122 Å². The largest absolute Gasteiger partial charge is 0.462 e. The fourth-order valence-electron chi connectivity index (χ4n) is 12.4. The summed E-state index contributed by atoms with van der Waals surface area (Å²) in [6.45, 7) is 24.9. The maximum absolute atomic E-state index is 13.6. The number of ether oxygens (including phenoxy) is 3. The number of Topliss-reactive ketones (excluding diaryl/α,β-unsaturated/α-hetero) is 1. The van der Waals surface area contributed by atoms with Gasteiger partial charge in [0.25, 0.3) is 0 Å². The summed E-state index contributed by atoms with van der Waals surface area (Å²) in [6.07, 6.45) is 63.4. The molecule has 7 nitrogen and oxygen atoms in total. The van der Waals surface area contributed by atoms with E-state index in [1.165, 1.54) is 109 Å². The number of allylic oxidation sites excluding steroid dienone is 18. The van der Waals surface area contributed by atoms with Gasteiger partial charge in [0.2, 0.25) is 0 Å². The molecule has 3 aliphatic rings. The van der Waals surface area contributed by atoms with Crippen LogP contribution in [0.15, 0.2) is 125 Å². The number of unbranched alkanes of at least 4 members (excludes halogenated alkanes) is 20. The monoisotopic (exact) mass is 1120 g/mol. The van der Waals surface area contributed by atoms with Gasteiger partial charge < -0.3 is 19.3 Å². The lowest BCUT2D eigenvalue weighted by atomic mass is 9.61. The first-order valence-electron chi connectivity index (χ1n) is 32.4. The zero-order valence-electron chi connectivity index (χ0n) is 53.6. The molecular formula is C74H116O7. The molecule has 1 heterocycles. The van der Waals surface area contributed by atoms with Crippen LogP contribution in [0, 0.1) is 10.8 Å². The van der Waals surface area contributed by atoms with Gasteiger partial charge in [0, 0.05) is 43.1 Å². The third kappa shape index (κ3) is 27.3. The molecule has 7 heteroatoms. The van der Waals surface area contributed by atoms with Crippen LogP contribution < -0.4 is 0 Å². The van der Waals surface area contributed by atoms with Gasteiger partial charge in [-0.25, -0.2) is 0 Å². The smallest absolute Gasteiger partial charge is 0.306 e. The maximum Gasteiger partial charge on any atom is 0.306 e. The third-order valence-electron chi connectivity index (χ3n) is 17.2. The predicted molar refractivity (Wildman–Crippen MR) is 342 cm³/mol. The molecular weight excluding hydrogens is 1000 g/mol. The minimum atomic E-state index is -1.13. The van der Waals surface area contributed by atoms with Crippen LogP contribution in [0.1, 0.15) is 282 Å². The van der Waals surface area contributed by atoms with E-state index in [9.17, 15) is 19.5 Å². The number of hydrogen-bond donors (Lipinski definition) is 1. The fraction of sp³-hybridized carbons (Fsp3) is 0.676. The van der Waals surface area contributed by atoms with Gasteiger partial charge in [-0.1, -0.05) is 247 Å². The van der Waals surface area contributed by atoms with Crippen LogP contribution in [0.3, 0.4) is 0 Å². The summed E-state index contributed by atoms with van der Waals surface area (Å²) < 4.78 is 18.5. The van der Waals surface area contributed by atoms with Crippen LogP contribution in [-0.4, -0.2) is 51.8 Å². The fourth-order valence-corrected chi connectivity index (χ4v) is 12.4. The molecule has 1 N–H and O–H groups in total. The Morgan fingerprint density at radius 1 is 0.543 bits per heavy atom. The van der Waals surface area contributed by atoms with Crippen molar-refractivity contribution in [1.29, 1.82) is 0 Å². The molecule has 0 radical (unpaired) electrons. The molecule has 0 unspecified atom stereocenters. The number of rotatable bonds is 40. The van der Waals surface area contributed by atoms with E-state index in [0.29, 0.717) is 50.5 Å². The van der Waals surface area contributed by atoms with Gasteiger partial charge in [0.15, 0.2) is 5.78 Å². The molecule has 3 fully saturated rings. The Labute approximate surface area is 495 Å². The van der Waals surface area contributed by atoms with E-state index in [1.807, 2.05) is 82.4 Å². The standard InChI is InChI=1S/C74H116O7/c1-13-15-17-19-21-23-25-27-28-30-32-34-36-38-40-52-69(77)80-65-56-71(9,10)74(73(12,58-65)81-74)59-66(75)63(6)50-44-49-61(4)46-42-41-45-60(3)47-43-48-62(5)53-54-67-70(7,8)55-64(57-72(67,11)78)79-68(76)51-39-37-35-33-31-29-26-24-22-20-18-16-14-2/h21,23,27-28,41-50,53,64-65,78H,13-20,22,24-26,29-40,51-52,55-59H2,1-12H3/b23-21-,28-27-,42-41+,47-43+,49-44+,60-45+,61-46+,62-48+,63-50+/t54?,64-,65-,72+,73+,74-/m0/s1. The maximum atomic E-state index is 13.6. The molecule has 0 aromatic carbocycles. The summed E-state index contributed by atoms with van der Waals surface area (Å²) >= 11 is 0. The second-order valence-corrected chi connectivity index (χ2v) is 26.2. The molecule has 2 saturated carbocycles. The topological polar surface area (TPSA) is 102 Å². The molecule has 81 heavy (non-hydrogen) atoms. The number of carbonyl (C=O) groups is 3. The van der Waals surface area contributed by atoms with Crippen molar-refractivity contribution in [3.63, 3.8) is 0 Å². The van der Waals surface area contributed by atoms with Gasteiger partial charge in [0.1, 0.15) is 17.8 Å². The number of ketones is 1. The highest BCUT2D eigenvalue weighted by Crippen LogP contribution is 2.67. The van der Waals surface area contributed by atoms with Crippen molar-refractivity contribution < 1.29 is 33.7 Å². The van der Waals surface area contributed by atoms with Crippen LogP contribution in [-0.2, 0) is 28.6 Å². The van der Waals surface area contributed by atoms with Crippen molar-refractivity contribution in [3.05, 3.63) is 125 Å². The van der Waals surface area contributed by atoms with E-state index in [0.717, 1.165) is 67.2 Å². The predicted octanol–water partition coefficient (Wildman–Crippen LogP) is 20.5. The average molecular weight is 1120 g/mol. The van der Waals surface area contributed by atoms with Crippen LogP contribution >= 0.6 is 0 Å². The number of fused-ring (bicyclic) bond motifs is 1. The first-order valence-corrected chi connectivity index (χ1v) is 32.4. The van der Waals surface area contributed by atoms with Gasteiger partial charge >= 0.3 is 11.9 Å². The zero-order valence-corrected chi connectivity index (χ0v) is 53.6. The molecule has 0 aromatic rings. The highest BCUT2D eigenvalue weighted by molar-refractivity contribution is 5.96. The second kappa shape index (κ2) is 37.8. The number of esters is 2. The number of aliphatic hydroxyl groups is 1. The van der Waals surface area contributed by atoms with Crippen molar-refractivity contribution in [2.45, 2.75) is 311 Å². The molecule has 0 spiro atoms. The van der Waals surface area contributed by atoms with E-state index in [2.05, 4.69) is 97.6 Å². The summed E-state index contributed by atoms with van der Waals surface area (Å²) in [6, 6.07) is 0. The average Bonchev–Trinajstić information content (AvgIpc) is 2.31. The van der Waals surface area contributed by atoms with Crippen LogP contribution in [0.25, 0.3) is 0 Å². The van der Waals surface area contributed by atoms with Gasteiger partial charge in [-0.2, -0.15) is 0 Å². The Bertz CT molecular complexity index is 2240. The van der Waals surface area contributed by atoms with Gasteiger partial charge in [-0.15, -0.1) is 5.73 Å². The second-order valence-electron chi connectivity index (χ2n) is 26.2. The molecule has 2 aliphatic carbocycles. The molecule has 3 rings (SSSR count). The number of hydrogen-bond acceptors (Lipinski definition) is 7. The van der Waals surface area contributed by atoms with E-state index >= 15 is 0 Å². The quantitative estimate of drug-likeness (QED) is 0.0124. The summed E-state index contributed by atoms with van der Waals surface area (Å²) in [5.41, 5.74) is 5.22. The van der Waals surface area contributed by atoms with Crippen LogP contribution in [0.5, 0.6) is 0 Å². The normalized spacial score (nSPS) is 24.2. The number of carbonyl (C=O) groups excluding carboxylic acids is 3. The Balaban J connectivity index is 1.36. The van der Waals surface area contributed by atoms with Crippen molar-refractivity contribution in [3.8, 4) is 0 Å². The first-order chi connectivity index (χ1) is 38.6. The van der Waals surface area contributed by atoms with Crippen molar-refractivity contribution in [2.75, 3.05) is 0 Å². The van der Waals surface area contributed by atoms with E-state index in [1.54, 1.807) is 0 Å². The summed E-state index contributed by atoms with van der Waals surface area (Å²) in [4.78, 5) is 39.4. The molecule has 0 aromatic heterocycles. The van der Waals surface area contributed by atoms with Crippen molar-refractivity contribution in [1.82, 2.24) is 0 Å². The molecule has 0 amide bonds. The SMILES string of the molecule is CCCCC/C=C\C/C=C\CCCCCCCC(=O)O[C@H]1CC(C)(C)[C@]2(CC(=O)/C(C)=C/C=C/C(C)=C/C=C/C=C(C)/C=C/C=C(\C)C=C=C3C(C)(C)C[C@H](OC(=O)CCCCCCCCCCCCCCC)C[C@@]3(C)O)O[C@]2(C)C1. The molecule has 454 valence electrons. The lowest BCUT2D eigenvalue weighted by Gasteiger charge is -2.44. The van der Waals surface area contributed by atoms with Crippen LogP contribution in [0.4, 0.5) is 0 Å². The number of epoxide rings is 1. The Hall–Kier alpha value is -4.29. The molecule has 5 atom stereocenters. The summed E-state index contributed by atoms with van der Waals surface area (Å²) in [5.74, 6) is -0.194. The lowest BCUT2D eigenvalue weighted by Crippen LogP contribution is -2.49. The minimum Gasteiger partial charge on any atom is -0.462 e.